The first-order chi connectivity index (χ1) is 9.69. The molecule has 2 rings (SSSR count). The van der Waals surface area contributed by atoms with Crippen molar-refractivity contribution in [3.05, 3.63) is 22.8 Å². The van der Waals surface area contributed by atoms with Crippen LogP contribution >= 0.6 is 15.9 Å². The zero-order chi connectivity index (χ0) is 14.4. The van der Waals surface area contributed by atoms with Crippen molar-refractivity contribution < 1.29 is 9.90 Å². The normalized spacial score (nSPS) is 17.1. The minimum atomic E-state index is 0.0571. The van der Waals surface area contributed by atoms with Crippen LogP contribution in [0, 0.1) is 5.92 Å². The maximum atomic E-state index is 12.2. The first-order valence-corrected chi connectivity index (χ1v) is 7.74. The molecule has 2 N–H and O–H groups in total. The number of nitrogens with zero attached hydrogens (tertiary/aromatic N) is 2. The predicted molar refractivity (Wildman–Crippen MR) is 81.4 cm³/mol. The zero-order valence-electron chi connectivity index (χ0n) is 11.4. The molecule has 110 valence electrons. The van der Waals surface area contributed by atoms with Crippen LogP contribution in [0.15, 0.2) is 22.8 Å². The summed E-state index contributed by atoms with van der Waals surface area (Å²) in [7, 11) is 0. The Labute approximate surface area is 127 Å². The number of likely N-dealkylation sites (tertiary alicyclic amines) is 1. The highest BCUT2D eigenvalue weighted by molar-refractivity contribution is 9.10. The van der Waals surface area contributed by atoms with E-state index in [1.165, 1.54) is 0 Å². The Morgan fingerprint density at radius 2 is 2.20 bits per heavy atom. The Balaban J connectivity index is 1.78. The molecule has 1 saturated heterocycles. The fourth-order valence-electron chi connectivity index (χ4n) is 2.39. The number of carbonyl (C=O) groups excluding carboxylic acids is 1. The maximum Gasteiger partial charge on any atom is 0.228 e. The van der Waals surface area contributed by atoms with Gasteiger partial charge in [-0.2, -0.15) is 0 Å². The molecule has 0 saturated carbocycles. The number of amides is 1. The van der Waals surface area contributed by atoms with Crippen LogP contribution in [0.5, 0.6) is 0 Å². The summed E-state index contributed by atoms with van der Waals surface area (Å²) in [6, 6.07) is 3.65. The van der Waals surface area contributed by atoms with Crippen LogP contribution in [0.3, 0.4) is 0 Å². The maximum absolute atomic E-state index is 12.2. The highest BCUT2D eigenvalue weighted by Crippen LogP contribution is 2.19. The standard InChI is InChI=1S/C14H20BrN3O2/c15-12-2-3-13(16-10-12)17-14(20)11-4-7-18(8-5-11)6-1-9-19/h2-3,10-11,19H,1,4-9H2,(H,16,17,20). The summed E-state index contributed by atoms with van der Waals surface area (Å²) < 4.78 is 0.896. The molecular weight excluding hydrogens is 322 g/mol. The Bertz CT molecular complexity index is 431. The van der Waals surface area contributed by atoms with Gasteiger partial charge in [-0.25, -0.2) is 4.98 Å². The summed E-state index contributed by atoms with van der Waals surface area (Å²) in [6.07, 6.45) is 4.22. The number of piperidine rings is 1. The van der Waals surface area contributed by atoms with Crippen molar-refractivity contribution in [2.75, 3.05) is 31.6 Å². The highest BCUT2D eigenvalue weighted by Gasteiger charge is 2.24. The van der Waals surface area contributed by atoms with Gasteiger partial charge in [0.05, 0.1) is 0 Å². The molecule has 1 aromatic rings. The number of carbonyl (C=O) groups is 1. The topological polar surface area (TPSA) is 65.5 Å². The first-order valence-electron chi connectivity index (χ1n) is 6.94. The van der Waals surface area contributed by atoms with E-state index in [2.05, 4.69) is 31.1 Å². The minimum Gasteiger partial charge on any atom is -0.396 e. The molecule has 1 aliphatic heterocycles. The molecule has 0 aromatic carbocycles. The highest BCUT2D eigenvalue weighted by atomic mass is 79.9. The van der Waals surface area contributed by atoms with E-state index < -0.39 is 0 Å². The lowest BCUT2D eigenvalue weighted by Crippen LogP contribution is -2.38. The predicted octanol–water partition coefficient (Wildman–Crippen LogP) is 1.88. The van der Waals surface area contributed by atoms with E-state index in [-0.39, 0.29) is 18.4 Å². The van der Waals surface area contributed by atoms with Crippen molar-refractivity contribution >= 4 is 27.7 Å². The lowest BCUT2D eigenvalue weighted by Gasteiger charge is -2.30. The molecule has 6 heteroatoms. The second-order valence-electron chi connectivity index (χ2n) is 5.04. The van der Waals surface area contributed by atoms with Gasteiger partial charge in [-0.05, 0) is 60.4 Å². The lowest BCUT2D eigenvalue weighted by molar-refractivity contribution is -0.121. The van der Waals surface area contributed by atoms with Gasteiger partial charge >= 0.3 is 0 Å². The minimum absolute atomic E-state index is 0.0571. The number of aliphatic hydroxyl groups is 1. The van der Waals surface area contributed by atoms with Crippen LogP contribution in [0.4, 0.5) is 5.82 Å². The van der Waals surface area contributed by atoms with Gasteiger partial charge in [0.1, 0.15) is 5.82 Å². The molecule has 0 unspecified atom stereocenters. The number of rotatable bonds is 5. The molecule has 0 aliphatic carbocycles. The average Bonchev–Trinajstić information content (AvgIpc) is 2.48. The summed E-state index contributed by atoms with van der Waals surface area (Å²) in [5, 5.41) is 11.7. The van der Waals surface area contributed by atoms with Gasteiger partial charge in [-0.1, -0.05) is 0 Å². The summed E-state index contributed by atoms with van der Waals surface area (Å²) in [5.41, 5.74) is 0. The number of aliphatic hydroxyl groups excluding tert-OH is 1. The molecule has 0 radical (unpaired) electrons. The second-order valence-corrected chi connectivity index (χ2v) is 5.96. The molecule has 20 heavy (non-hydrogen) atoms. The van der Waals surface area contributed by atoms with E-state index in [0.29, 0.717) is 5.82 Å². The van der Waals surface area contributed by atoms with E-state index >= 15 is 0 Å². The van der Waals surface area contributed by atoms with Gasteiger partial charge < -0.3 is 15.3 Å². The second kappa shape index (κ2) is 7.71. The van der Waals surface area contributed by atoms with Crippen LogP contribution in [0.2, 0.25) is 0 Å². The number of halogens is 1. The van der Waals surface area contributed by atoms with Crippen molar-refractivity contribution in [1.29, 1.82) is 0 Å². The molecule has 1 fully saturated rings. The molecule has 1 aliphatic rings. The van der Waals surface area contributed by atoms with Crippen LogP contribution in [0.1, 0.15) is 19.3 Å². The molecule has 0 bridgehead atoms. The first kappa shape index (κ1) is 15.4. The fraction of sp³-hybridized carbons (Fsp3) is 0.571. The van der Waals surface area contributed by atoms with Crippen LogP contribution in [-0.4, -0.2) is 47.1 Å². The van der Waals surface area contributed by atoms with Crippen LogP contribution in [-0.2, 0) is 4.79 Å². The third kappa shape index (κ3) is 4.54. The van der Waals surface area contributed by atoms with Gasteiger partial charge in [0, 0.05) is 29.7 Å². The van der Waals surface area contributed by atoms with Gasteiger partial charge in [0.15, 0.2) is 0 Å². The molecule has 1 aromatic heterocycles. The van der Waals surface area contributed by atoms with Gasteiger partial charge in [0.2, 0.25) is 5.91 Å². The van der Waals surface area contributed by atoms with Crippen molar-refractivity contribution in [3.8, 4) is 0 Å². The number of nitrogens with one attached hydrogen (secondary N) is 1. The van der Waals surface area contributed by atoms with E-state index in [1.807, 2.05) is 6.07 Å². The average molecular weight is 342 g/mol. The zero-order valence-corrected chi connectivity index (χ0v) is 13.0. The number of anilines is 1. The van der Waals surface area contributed by atoms with Crippen LogP contribution < -0.4 is 5.32 Å². The molecule has 5 nitrogen and oxygen atoms in total. The number of aromatic nitrogens is 1. The Morgan fingerprint density at radius 1 is 1.45 bits per heavy atom. The van der Waals surface area contributed by atoms with Gasteiger partial charge in [-0.3, -0.25) is 4.79 Å². The summed E-state index contributed by atoms with van der Waals surface area (Å²) in [4.78, 5) is 18.6. The third-order valence-electron chi connectivity index (χ3n) is 3.57. The molecule has 0 atom stereocenters. The van der Waals surface area contributed by atoms with Gasteiger partial charge in [-0.15, -0.1) is 0 Å². The summed E-state index contributed by atoms with van der Waals surface area (Å²) >= 11 is 3.32. The van der Waals surface area contributed by atoms with Gasteiger partial charge in [0.25, 0.3) is 0 Å². The Hall–Kier alpha value is -0.980. The summed E-state index contributed by atoms with van der Waals surface area (Å²) in [6.45, 7) is 2.99. The summed E-state index contributed by atoms with van der Waals surface area (Å²) in [5.74, 6) is 0.716. The Morgan fingerprint density at radius 3 is 2.80 bits per heavy atom. The largest absolute Gasteiger partial charge is 0.396 e. The van der Waals surface area contributed by atoms with Crippen molar-refractivity contribution in [2.24, 2.45) is 5.92 Å². The molecule has 2 heterocycles. The van der Waals surface area contributed by atoms with Crippen molar-refractivity contribution in [1.82, 2.24) is 9.88 Å². The van der Waals surface area contributed by atoms with E-state index in [4.69, 9.17) is 5.11 Å². The van der Waals surface area contributed by atoms with Crippen LogP contribution in [0.25, 0.3) is 0 Å². The quantitative estimate of drug-likeness (QED) is 0.858. The van der Waals surface area contributed by atoms with Crippen molar-refractivity contribution in [2.45, 2.75) is 19.3 Å². The smallest absolute Gasteiger partial charge is 0.228 e. The van der Waals surface area contributed by atoms with E-state index in [9.17, 15) is 4.79 Å². The number of pyridine rings is 1. The SMILES string of the molecule is O=C(Nc1ccc(Br)cn1)C1CCN(CCCO)CC1. The molecule has 1 amide bonds. The van der Waals surface area contributed by atoms with Crippen molar-refractivity contribution in [3.63, 3.8) is 0 Å². The Kier molecular flexibility index (Phi) is 5.94. The number of hydrogen-bond donors (Lipinski definition) is 2. The van der Waals surface area contributed by atoms with E-state index in [1.54, 1.807) is 12.3 Å². The van der Waals surface area contributed by atoms with E-state index in [0.717, 1.165) is 43.4 Å². The lowest BCUT2D eigenvalue weighted by atomic mass is 9.96. The third-order valence-corrected chi connectivity index (χ3v) is 4.04. The molecule has 0 spiro atoms. The monoisotopic (exact) mass is 341 g/mol. The molecular formula is C14H20BrN3O2. The fourth-order valence-corrected chi connectivity index (χ4v) is 2.63. The number of hydrogen-bond acceptors (Lipinski definition) is 4.